The van der Waals surface area contributed by atoms with Crippen LogP contribution < -0.4 is 0 Å². The zero-order valence-corrected chi connectivity index (χ0v) is 15.2. The average molecular weight is 285 g/mol. The Bertz CT molecular complexity index is 209. The number of rotatable bonds is 13. The second-order valence-corrected chi connectivity index (χ2v) is 6.31. The van der Waals surface area contributed by atoms with Crippen molar-refractivity contribution < 1.29 is 0 Å². The predicted octanol–water partition coefficient (Wildman–Crippen LogP) is 4.79. The summed E-state index contributed by atoms with van der Waals surface area (Å²) in [4.78, 5) is 5.27. The Morgan fingerprint density at radius 1 is 0.750 bits per heavy atom. The largest absolute Gasteiger partial charge is 0.305 e. The van der Waals surface area contributed by atoms with E-state index in [-0.39, 0.29) is 0 Å². The summed E-state index contributed by atoms with van der Waals surface area (Å²) in [6, 6.07) is 0. The molecule has 2 nitrogen and oxygen atoms in total. The van der Waals surface area contributed by atoms with Gasteiger partial charge in [-0.2, -0.15) is 0 Å². The summed E-state index contributed by atoms with van der Waals surface area (Å²) < 4.78 is 0. The molecule has 0 saturated heterocycles. The van der Waals surface area contributed by atoms with E-state index in [1.54, 1.807) is 0 Å². The van der Waals surface area contributed by atoms with Crippen molar-refractivity contribution in [3.05, 3.63) is 0 Å². The molecule has 0 aromatic rings. The van der Waals surface area contributed by atoms with Crippen LogP contribution in [0.4, 0.5) is 0 Å². The van der Waals surface area contributed by atoms with Crippen molar-refractivity contribution in [2.45, 2.75) is 85.1 Å². The van der Waals surface area contributed by atoms with Crippen molar-refractivity contribution in [2.24, 2.45) is 0 Å². The molecule has 0 aliphatic carbocycles. The van der Waals surface area contributed by atoms with E-state index in [0.717, 1.165) is 0 Å². The standard InChI is InChI=1S/C18H40N2/c1-7-12-15-19(6)16-17-20(11-5)18(10-4,13-8-2)14-9-3/h7-17H2,1-6H3. The first-order valence-corrected chi connectivity index (χ1v) is 9.03. The van der Waals surface area contributed by atoms with E-state index in [2.05, 4.69) is 51.5 Å². The summed E-state index contributed by atoms with van der Waals surface area (Å²) in [6.07, 6.45) is 9.22. The van der Waals surface area contributed by atoms with Gasteiger partial charge in [0.25, 0.3) is 0 Å². The van der Waals surface area contributed by atoms with Gasteiger partial charge < -0.3 is 4.90 Å². The summed E-state index contributed by atoms with van der Waals surface area (Å²) in [5, 5.41) is 0. The van der Waals surface area contributed by atoms with Gasteiger partial charge in [-0.05, 0) is 45.8 Å². The first-order chi connectivity index (χ1) is 9.60. The fourth-order valence-electron chi connectivity index (χ4n) is 3.51. The SMILES string of the molecule is CCCCN(C)CCN(CC)C(CC)(CCC)CCC. The Hall–Kier alpha value is -0.0800. The zero-order chi connectivity index (χ0) is 15.4. The van der Waals surface area contributed by atoms with Gasteiger partial charge in [-0.25, -0.2) is 0 Å². The van der Waals surface area contributed by atoms with Gasteiger partial charge in [0, 0.05) is 18.6 Å². The van der Waals surface area contributed by atoms with Crippen molar-refractivity contribution >= 4 is 0 Å². The fourth-order valence-corrected chi connectivity index (χ4v) is 3.51. The number of likely N-dealkylation sites (N-methyl/N-ethyl adjacent to an activating group) is 2. The molecular weight excluding hydrogens is 244 g/mol. The van der Waals surface area contributed by atoms with Crippen LogP contribution in [0.15, 0.2) is 0 Å². The second-order valence-electron chi connectivity index (χ2n) is 6.31. The highest BCUT2D eigenvalue weighted by molar-refractivity contribution is 4.89. The first-order valence-electron chi connectivity index (χ1n) is 9.03. The Morgan fingerprint density at radius 2 is 1.35 bits per heavy atom. The van der Waals surface area contributed by atoms with Crippen molar-refractivity contribution in [1.29, 1.82) is 0 Å². The van der Waals surface area contributed by atoms with Crippen LogP contribution in [-0.4, -0.2) is 48.6 Å². The average Bonchev–Trinajstić information content (AvgIpc) is 2.45. The third-order valence-corrected chi connectivity index (χ3v) is 4.79. The normalized spacial score (nSPS) is 12.6. The molecule has 0 bridgehead atoms. The number of hydrogen-bond donors (Lipinski definition) is 0. The van der Waals surface area contributed by atoms with Crippen LogP contribution in [0.1, 0.15) is 79.6 Å². The van der Waals surface area contributed by atoms with Crippen molar-refractivity contribution in [2.75, 3.05) is 33.2 Å². The van der Waals surface area contributed by atoms with Gasteiger partial charge in [0.15, 0.2) is 0 Å². The van der Waals surface area contributed by atoms with Crippen LogP contribution in [0.5, 0.6) is 0 Å². The second kappa shape index (κ2) is 11.6. The summed E-state index contributed by atoms with van der Waals surface area (Å²) >= 11 is 0. The minimum absolute atomic E-state index is 0.448. The van der Waals surface area contributed by atoms with Crippen LogP contribution >= 0.6 is 0 Å². The van der Waals surface area contributed by atoms with Crippen LogP contribution in [0.2, 0.25) is 0 Å². The minimum atomic E-state index is 0.448. The fraction of sp³-hybridized carbons (Fsp3) is 1.00. The third kappa shape index (κ3) is 6.58. The summed E-state index contributed by atoms with van der Waals surface area (Å²) in [6.45, 7) is 16.5. The Balaban J connectivity index is 4.56. The highest BCUT2D eigenvalue weighted by atomic mass is 15.2. The lowest BCUT2D eigenvalue weighted by Crippen LogP contribution is -2.50. The molecule has 0 radical (unpaired) electrons. The van der Waals surface area contributed by atoms with E-state index in [1.165, 1.54) is 71.1 Å². The molecule has 2 heteroatoms. The molecule has 0 aromatic heterocycles. The molecule has 0 aliphatic heterocycles. The summed E-state index contributed by atoms with van der Waals surface area (Å²) in [5.41, 5.74) is 0.448. The third-order valence-electron chi connectivity index (χ3n) is 4.79. The molecule has 0 heterocycles. The molecule has 20 heavy (non-hydrogen) atoms. The van der Waals surface area contributed by atoms with Crippen molar-refractivity contribution in [3.8, 4) is 0 Å². The first kappa shape index (κ1) is 19.9. The van der Waals surface area contributed by atoms with Crippen LogP contribution in [-0.2, 0) is 0 Å². The molecule has 0 saturated carbocycles. The van der Waals surface area contributed by atoms with Gasteiger partial charge in [-0.3, -0.25) is 4.90 Å². The summed E-state index contributed by atoms with van der Waals surface area (Å²) in [5.74, 6) is 0. The van der Waals surface area contributed by atoms with Gasteiger partial charge in [-0.15, -0.1) is 0 Å². The zero-order valence-electron chi connectivity index (χ0n) is 15.2. The Kier molecular flexibility index (Phi) is 11.5. The maximum Gasteiger partial charge on any atom is 0.0207 e. The molecule has 0 aromatic carbocycles. The van der Waals surface area contributed by atoms with E-state index in [9.17, 15) is 0 Å². The van der Waals surface area contributed by atoms with E-state index in [4.69, 9.17) is 0 Å². The number of unbranched alkanes of at least 4 members (excludes halogenated alkanes) is 1. The molecule has 122 valence electrons. The topological polar surface area (TPSA) is 6.48 Å². The predicted molar refractivity (Wildman–Crippen MR) is 92.5 cm³/mol. The van der Waals surface area contributed by atoms with E-state index < -0.39 is 0 Å². The maximum absolute atomic E-state index is 2.77. The quantitative estimate of drug-likeness (QED) is 0.480. The summed E-state index contributed by atoms with van der Waals surface area (Å²) in [7, 11) is 2.27. The molecule has 0 rings (SSSR count). The van der Waals surface area contributed by atoms with Gasteiger partial charge in [0.05, 0.1) is 0 Å². The monoisotopic (exact) mass is 284 g/mol. The maximum atomic E-state index is 2.77. The van der Waals surface area contributed by atoms with Crippen molar-refractivity contribution in [3.63, 3.8) is 0 Å². The van der Waals surface area contributed by atoms with E-state index >= 15 is 0 Å². The molecule has 0 amide bonds. The van der Waals surface area contributed by atoms with Crippen LogP contribution in [0, 0.1) is 0 Å². The highest BCUT2D eigenvalue weighted by Crippen LogP contribution is 2.30. The van der Waals surface area contributed by atoms with Crippen LogP contribution in [0.3, 0.4) is 0 Å². The van der Waals surface area contributed by atoms with Gasteiger partial charge in [-0.1, -0.05) is 53.9 Å². The van der Waals surface area contributed by atoms with Crippen LogP contribution in [0.25, 0.3) is 0 Å². The molecule has 0 fully saturated rings. The Morgan fingerprint density at radius 3 is 1.75 bits per heavy atom. The lowest BCUT2D eigenvalue weighted by atomic mass is 9.84. The van der Waals surface area contributed by atoms with Gasteiger partial charge in [0.2, 0.25) is 0 Å². The highest BCUT2D eigenvalue weighted by Gasteiger charge is 2.32. The van der Waals surface area contributed by atoms with E-state index in [1.807, 2.05) is 0 Å². The van der Waals surface area contributed by atoms with E-state index in [0.29, 0.717) is 5.54 Å². The van der Waals surface area contributed by atoms with Gasteiger partial charge >= 0.3 is 0 Å². The molecule has 0 atom stereocenters. The number of nitrogens with zero attached hydrogens (tertiary/aromatic N) is 2. The number of hydrogen-bond acceptors (Lipinski definition) is 2. The smallest absolute Gasteiger partial charge is 0.0207 e. The van der Waals surface area contributed by atoms with Crippen molar-refractivity contribution in [1.82, 2.24) is 9.80 Å². The molecule has 0 aliphatic rings. The molecule has 0 spiro atoms. The molecular formula is C18H40N2. The minimum Gasteiger partial charge on any atom is -0.305 e. The Labute approximate surface area is 128 Å². The molecule has 0 unspecified atom stereocenters. The molecule has 0 N–H and O–H groups in total. The van der Waals surface area contributed by atoms with Gasteiger partial charge in [0.1, 0.15) is 0 Å². The lowest BCUT2D eigenvalue weighted by Gasteiger charge is -2.44. The lowest BCUT2D eigenvalue weighted by molar-refractivity contribution is 0.0597.